The molecule has 0 aliphatic carbocycles. The Hall–Kier alpha value is -3.96. The minimum Gasteiger partial charge on any atom is -0.347 e. The molecule has 0 radical (unpaired) electrons. The van der Waals surface area contributed by atoms with E-state index in [9.17, 15) is 28.8 Å². The van der Waals surface area contributed by atoms with Crippen molar-refractivity contribution < 1.29 is 28.8 Å². The second kappa shape index (κ2) is 8.81. The molecule has 2 unspecified atom stereocenters. The number of imide groups is 1. The van der Waals surface area contributed by atoms with E-state index in [4.69, 9.17) is 0 Å². The van der Waals surface area contributed by atoms with E-state index in [-0.39, 0.29) is 26.0 Å². The van der Waals surface area contributed by atoms with Gasteiger partial charge in [-0.05, 0) is 12.5 Å². The number of carbonyl (C=O) groups excluding carboxylic acids is 6. The Morgan fingerprint density at radius 2 is 1.87 bits per heavy atom. The van der Waals surface area contributed by atoms with Gasteiger partial charge in [0.2, 0.25) is 18.0 Å². The van der Waals surface area contributed by atoms with Crippen molar-refractivity contribution in [1.29, 1.82) is 0 Å². The fraction of sp³-hybridized carbons (Fsp3) is 0.368. The van der Waals surface area contributed by atoms with Crippen molar-refractivity contribution in [3.63, 3.8) is 0 Å². The van der Waals surface area contributed by atoms with Gasteiger partial charge in [0, 0.05) is 19.6 Å². The van der Waals surface area contributed by atoms with Crippen LogP contribution in [0.15, 0.2) is 30.3 Å². The van der Waals surface area contributed by atoms with Crippen LogP contribution in [0.3, 0.4) is 0 Å². The van der Waals surface area contributed by atoms with Crippen molar-refractivity contribution >= 4 is 36.1 Å². The van der Waals surface area contributed by atoms with Gasteiger partial charge < -0.3 is 26.2 Å². The molecule has 0 saturated carbocycles. The quantitative estimate of drug-likeness (QED) is 0.167. The van der Waals surface area contributed by atoms with Crippen molar-refractivity contribution in [2.24, 2.45) is 0 Å². The Bertz CT molecular complexity index is 922. The number of piperazine rings is 1. The predicted molar refractivity (Wildman–Crippen MR) is 105 cm³/mol. The summed E-state index contributed by atoms with van der Waals surface area (Å²) in [6.07, 6.45) is 0.284. The molecule has 7 amide bonds. The number of hydrogen-bond acceptors (Lipinski definition) is 6. The summed E-state index contributed by atoms with van der Waals surface area (Å²) in [5, 5.41) is 9.58. The minimum atomic E-state index is -1.63. The monoisotopic (exact) mass is 430 g/mol. The van der Waals surface area contributed by atoms with Gasteiger partial charge in [0.25, 0.3) is 5.91 Å². The zero-order valence-corrected chi connectivity index (χ0v) is 16.7. The number of likely N-dealkylation sites (N-methyl/N-ethyl adjacent to an activating group) is 1. The van der Waals surface area contributed by atoms with E-state index in [2.05, 4.69) is 21.3 Å². The molecule has 2 fully saturated rings. The molecule has 4 N–H and O–H groups in total. The highest BCUT2D eigenvalue weighted by molar-refractivity contribution is 6.38. The van der Waals surface area contributed by atoms with Gasteiger partial charge in [-0.1, -0.05) is 30.3 Å². The third kappa shape index (κ3) is 4.17. The van der Waals surface area contributed by atoms with E-state index < -0.39 is 41.4 Å². The van der Waals surface area contributed by atoms with Crippen LogP contribution < -0.4 is 21.3 Å². The largest absolute Gasteiger partial charge is 0.347 e. The Labute approximate surface area is 177 Å². The van der Waals surface area contributed by atoms with Crippen LogP contribution in [0.4, 0.5) is 4.79 Å². The van der Waals surface area contributed by atoms with Crippen LogP contribution in [0.5, 0.6) is 0 Å². The van der Waals surface area contributed by atoms with Gasteiger partial charge >= 0.3 is 17.8 Å². The molecule has 0 spiro atoms. The number of urea groups is 1. The molecule has 12 nitrogen and oxygen atoms in total. The summed E-state index contributed by atoms with van der Waals surface area (Å²) in [5.74, 6) is -3.18. The maximum atomic E-state index is 13.0. The highest BCUT2D eigenvalue weighted by atomic mass is 16.2. The van der Waals surface area contributed by atoms with Crippen molar-refractivity contribution in [2.45, 2.75) is 18.6 Å². The fourth-order valence-corrected chi connectivity index (χ4v) is 3.29. The number of nitrogens with zero attached hydrogens (tertiary/aromatic N) is 2. The van der Waals surface area contributed by atoms with E-state index >= 15 is 0 Å². The van der Waals surface area contributed by atoms with Crippen LogP contribution in [-0.2, 0) is 24.0 Å². The van der Waals surface area contributed by atoms with Crippen molar-refractivity contribution in [3.8, 4) is 0 Å². The molecule has 12 heteroatoms. The molecule has 2 saturated heterocycles. The van der Waals surface area contributed by atoms with Crippen LogP contribution in [0.2, 0.25) is 0 Å². The zero-order valence-electron chi connectivity index (χ0n) is 16.7. The maximum absolute atomic E-state index is 13.0. The zero-order chi connectivity index (χ0) is 22.6. The fourth-order valence-electron chi connectivity index (χ4n) is 3.29. The van der Waals surface area contributed by atoms with Crippen LogP contribution in [0.25, 0.3) is 0 Å². The first-order valence-electron chi connectivity index (χ1n) is 9.61. The lowest BCUT2D eigenvalue weighted by molar-refractivity contribution is -0.153. The van der Waals surface area contributed by atoms with Crippen LogP contribution in [0.1, 0.15) is 18.5 Å². The number of carbonyl (C=O) groups is 6. The summed E-state index contributed by atoms with van der Waals surface area (Å²) in [6.45, 7) is 2.19. The van der Waals surface area contributed by atoms with Crippen LogP contribution in [0, 0.1) is 0 Å². The highest BCUT2D eigenvalue weighted by Gasteiger charge is 2.49. The SMILES string of the molecule is CCN1CCN(C(=O)NC(C(=O)NC2(NC=O)CNC2=O)c2ccccc2)C(=O)C1=O. The molecule has 3 rings (SSSR count). The molecule has 2 atom stereocenters. The number of hydrogen-bond donors (Lipinski definition) is 4. The van der Waals surface area contributed by atoms with Crippen LogP contribution >= 0.6 is 0 Å². The van der Waals surface area contributed by atoms with E-state index in [0.717, 1.165) is 4.90 Å². The van der Waals surface area contributed by atoms with Crippen molar-refractivity contribution in [3.05, 3.63) is 35.9 Å². The van der Waals surface area contributed by atoms with Gasteiger partial charge in [-0.15, -0.1) is 0 Å². The maximum Gasteiger partial charge on any atom is 0.325 e. The van der Waals surface area contributed by atoms with Gasteiger partial charge in [-0.3, -0.25) is 28.9 Å². The number of benzene rings is 1. The summed E-state index contributed by atoms with van der Waals surface area (Å²) >= 11 is 0. The molecule has 2 heterocycles. The van der Waals surface area contributed by atoms with E-state index in [0.29, 0.717) is 12.1 Å². The lowest BCUT2D eigenvalue weighted by Crippen LogP contribution is -2.80. The Kier molecular flexibility index (Phi) is 6.18. The first-order chi connectivity index (χ1) is 14.8. The molecular weight excluding hydrogens is 408 g/mol. The van der Waals surface area contributed by atoms with Gasteiger partial charge in [0.05, 0.1) is 6.54 Å². The predicted octanol–water partition coefficient (Wildman–Crippen LogP) is -2.18. The Morgan fingerprint density at radius 3 is 2.42 bits per heavy atom. The molecule has 0 aromatic heterocycles. The summed E-state index contributed by atoms with van der Waals surface area (Å²) in [6, 6.07) is 5.94. The van der Waals surface area contributed by atoms with Crippen molar-refractivity contribution in [2.75, 3.05) is 26.2 Å². The Balaban J connectivity index is 1.80. The lowest BCUT2D eigenvalue weighted by Gasteiger charge is -2.41. The molecule has 0 bridgehead atoms. The van der Waals surface area contributed by atoms with Gasteiger partial charge in [0.15, 0.2) is 0 Å². The molecule has 164 valence electrons. The molecule has 2 aliphatic rings. The molecule has 1 aromatic rings. The minimum absolute atomic E-state index is 0.0214. The Morgan fingerprint density at radius 1 is 1.16 bits per heavy atom. The second-order valence-electron chi connectivity index (χ2n) is 6.97. The summed E-state index contributed by atoms with van der Waals surface area (Å²) < 4.78 is 0. The molecular formula is C19H22N6O6. The van der Waals surface area contributed by atoms with Crippen molar-refractivity contribution in [1.82, 2.24) is 31.1 Å². The van der Waals surface area contributed by atoms with Gasteiger partial charge in [-0.25, -0.2) is 4.79 Å². The highest BCUT2D eigenvalue weighted by Crippen LogP contribution is 2.17. The van der Waals surface area contributed by atoms with Gasteiger partial charge in [-0.2, -0.15) is 0 Å². The standard InChI is InChI=1S/C19H22N6O6/c1-2-24-8-9-25(16(29)15(24)28)18(31)22-13(12-6-4-3-5-7-12)14(27)23-19(21-11-26)10-20-17(19)30/h3-7,11,13H,2,8-10H2,1H3,(H,20,30)(H,21,26)(H,22,31)(H,23,27). The summed E-state index contributed by atoms with van der Waals surface area (Å²) in [7, 11) is 0. The number of rotatable bonds is 7. The molecule has 1 aromatic carbocycles. The first kappa shape index (κ1) is 21.7. The van der Waals surface area contributed by atoms with E-state index in [1.807, 2.05) is 0 Å². The normalized spacial score (nSPS) is 21.5. The van der Waals surface area contributed by atoms with Gasteiger partial charge in [0.1, 0.15) is 6.04 Å². The second-order valence-corrected chi connectivity index (χ2v) is 6.97. The first-order valence-corrected chi connectivity index (χ1v) is 9.61. The topological polar surface area (TPSA) is 157 Å². The number of nitrogens with one attached hydrogen (secondary N) is 4. The average Bonchev–Trinajstić information content (AvgIpc) is 2.78. The third-order valence-corrected chi connectivity index (χ3v) is 5.14. The van der Waals surface area contributed by atoms with E-state index in [1.165, 1.54) is 4.90 Å². The lowest BCUT2D eigenvalue weighted by atomic mass is 10.00. The van der Waals surface area contributed by atoms with E-state index in [1.54, 1.807) is 37.3 Å². The summed E-state index contributed by atoms with van der Waals surface area (Å²) in [4.78, 5) is 75.0. The molecule has 31 heavy (non-hydrogen) atoms. The average molecular weight is 430 g/mol. The smallest absolute Gasteiger partial charge is 0.325 e. The van der Waals surface area contributed by atoms with Crippen LogP contribution in [-0.4, -0.2) is 77.7 Å². The summed E-state index contributed by atoms with van der Waals surface area (Å²) in [5.41, 5.74) is -1.25. The molecule has 2 aliphatic heterocycles. The third-order valence-electron chi connectivity index (χ3n) is 5.14. The number of amides is 7. The number of β-lactam (4-membered cyclic amide) rings is 1.